The highest BCUT2D eigenvalue weighted by atomic mass is 16.3. The Morgan fingerprint density at radius 1 is 1.11 bits per heavy atom. The van der Waals surface area contributed by atoms with Crippen LogP contribution in [0.3, 0.4) is 0 Å². The number of aromatic nitrogens is 1. The Morgan fingerprint density at radius 3 is 2.37 bits per heavy atom. The first-order chi connectivity index (χ1) is 16.8. The van der Waals surface area contributed by atoms with E-state index in [1.54, 1.807) is 0 Å². The number of fused-ring (bicyclic) bond motifs is 1. The fourth-order valence-electron chi connectivity index (χ4n) is 7.67. The molecule has 9 heteroatoms. The van der Waals surface area contributed by atoms with Crippen LogP contribution in [0.25, 0.3) is 0 Å². The predicted molar refractivity (Wildman–Crippen MR) is 132 cm³/mol. The Kier molecular flexibility index (Phi) is 4.62. The fraction of sp³-hybridized carbons (Fsp3) is 0.462. The number of nitrogens with one attached hydrogen (secondary N) is 2. The number of hydrogen-bond donors (Lipinski definition) is 5. The number of pyridine rings is 1. The van der Waals surface area contributed by atoms with Crippen molar-refractivity contribution in [3.63, 3.8) is 0 Å². The summed E-state index contributed by atoms with van der Waals surface area (Å²) in [6.07, 6.45) is 9.15. The maximum Gasteiger partial charge on any atom is 0.211 e. The molecule has 1 aliphatic heterocycles. The first-order valence-electron chi connectivity index (χ1n) is 12.1. The van der Waals surface area contributed by atoms with Gasteiger partial charge < -0.3 is 21.9 Å². The van der Waals surface area contributed by atoms with Gasteiger partial charge in [-0.15, -0.1) is 0 Å². The minimum atomic E-state index is -0.755. The second-order valence-corrected chi connectivity index (χ2v) is 10.9. The Hall–Kier alpha value is -3.98. The number of nitrogens with two attached hydrogens (primary N) is 2. The molecule has 7 N–H and O–H groups in total. The third kappa shape index (κ3) is 3.19. The number of nitrogens with zero attached hydrogens (tertiary/aromatic N) is 4. The van der Waals surface area contributed by atoms with E-state index in [1.165, 1.54) is 19.3 Å². The molecule has 178 valence electrons. The van der Waals surface area contributed by atoms with Crippen molar-refractivity contribution in [3.8, 4) is 18.0 Å². The van der Waals surface area contributed by atoms with Crippen LogP contribution in [0.4, 0.5) is 17.3 Å². The Balaban J connectivity index is 1.54. The summed E-state index contributed by atoms with van der Waals surface area (Å²) in [6.45, 7) is 2.03. The van der Waals surface area contributed by atoms with E-state index < -0.39 is 6.04 Å². The fourth-order valence-corrected chi connectivity index (χ4v) is 7.67. The molecular formula is C26H28N8O. The Morgan fingerprint density at radius 2 is 1.77 bits per heavy atom. The van der Waals surface area contributed by atoms with Gasteiger partial charge in [0.2, 0.25) is 5.96 Å². The van der Waals surface area contributed by atoms with E-state index in [0.29, 0.717) is 16.9 Å². The quantitative estimate of drug-likeness (QED) is 0.329. The number of phenolic OH excluding ortho intramolecular Hbond substituents is 1. The largest absolute Gasteiger partial charge is 0.507 e. The van der Waals surface area contributed by atoms with Crippen molar-refractivity contribution in [2.45, 2.75) is 56.9 Å². The average Bonchev–Trinajstić information content (AvgIpc) is 2.79. The molecule has 4 aliphatic carbocycles. The van der Waals surface area contributed by atoms with Crippen molar-refractivity contribution in [2.75, 3.05) is 16.8 Å². The molecule has 7 rings (SSSR count). The monoisotopic (exact) mass is 468 g/mol. The van der Waals surface area contributed by atoms with Gasteiger partial charge in [0.1, 0.15) is 35.1 Å². The van der Waals surface area contributed by atoms with Crippen LogP contribution in [-0.4, -0.2) is 16.1 Å². The number of aryl methyl sites for hydroxylation is 1. The number of benzene rings is 1. The van der Waals surface area contributed by atoms with E-state index in [2.05, 4.69) is 26.7 Å². The first-order valence-corrected chi connectivity index (χ1v) is 12.1. The number of anilines is 3. The summed E-state index contributed by atoms with van der Waals surface area (Å²) in [5, 5.41) is 36.1. The van der Waals surface area contributed by atoms with E-state index in [1.807, 2.05) is 25.3 Å². The minimum Gasteiger partial charge on any atom is -0.507 e. The molecule has 0 radical (unpaired) electrons. The number of phenols is 1. The van der Waals surface area contributed by atoms with E-state index in [9.17, 15) is 15.6 Å². The zero-order valence-corrected chi connectivity index (χ0v) is 19.6. The third-order valence-electron chi connectivity index (χ3n) is 8.55. The van der Waals surface area contributed by atoms with E-state index in [-0.39, 0.29) is 34.2 Å². The maximum absolute atomic E-state index is 11.8. The lowest BCUT2D eigenvalue weighted by Crippen LogP contribution is -2.48. The van der Waals surface area contributed by atoms with Gasteiger partial charge in [-0.05, 0) is 74.7 Å². The summed E-state index contributed by atoms with van der Waals surface area (Å²) in [5.41, 5.74) is 15.7. The topological polar surface area (TPSA) is 169 Å². The van der Waals surface area contributed by atoms with Crippen LogP contribution in [0.15, 0.2) is 17.1 Å². The molecule has 1 aromatic carbocycles. The first kappa shape index (κ1) is 21.5. The van der Waals surface area contributed by atoms with Crippen molar-refractivity contribution >= 4 is 23.3 Å². The van der Waals surface area contributed by atoms with E-state index >= 15 is 0 Å². The molecule has 35 heavy (non-hydrogen) atoms. The molecule has 4 fully saturated rings. The van der Waals surface area contributed by atoms with Gasteiger partial charge in [-0.2, -0.15) is 10.5 Å². The maximum atomic E-state index is 11.8. The van der Waals surface area contributed by atoms with Crippen LogP contribution < -0.4 is 22.1 Å². The van der Waals surface area contributed by atoms with Gasteiger partial charge in [-0.25, -0.2) is 9.98 Å². The van der Waals surface area contributed by atoms with Crippen LogP contribution in [-0.2, 0) is 5.41 Å². The minimum absolute atomic E-state index is 0.00377. The third-order valence-corrected chi connectivity index (χ3v) is 8.55. The molecule has 1 unspecified atom stereocenters. The van der Waals surface area contributed by atoms with Crippen LogP contribution in [0.2, 0.25) is 0 Å². The highest BCUT2D eigenvalue weighted by Gasteiger charge is 2.52. The van der Waals surface area contributed by atoms with E-state index in [0.717, 1.165) is 48.1 Å². The summed E-state index contributed by atoms with van der Waals surface area (Å²) in [7, 11) is 0. The number of nitrogen functional groups attached to an aromatic ring is 2. The standard InChI is InChI=1S/C26H28N8O/c1-12-2-16(22(35)18(3-12)26-7-13-4-14(8-26)6-15(5-13)9-26)21-19-20(29)17(10-27)23(30)33-24(19)34-25(32-21)31-11-28/h2-3,13-15,21,35H,4-9H2,1H3,(H6,29,30,31,32,33,34). The normalized spacial score (nSPS) is 30.0. The molecular weight excluding hydrogens is 440 g/mol. The summed E-state index contributed by atoms with van der Waals surface area (Å²) in [6, 6.07) is 5.32. The lowest BCUT2D eigenvalue weighted by Gasteiger charge is -2.57. The molecule has 0 spiro atoms. The predicted octanol–water partition coefficient (Wildman–Crippen LogP) is 3.54. The number of rotatable bonds is 2. The van der Waals surface area contributed by atoms with Crippen molar-refractivity contribution in [3.05, 3.63) is 39.9 Å². The van der Waals surface area contributed by atoms with Gasteiger partial charge >= 0.3 is 0 Å². The number of nitriles is 2. The zero-order valence-electron chi connectivity index (χ0n) is 19.6. The summed E-state index contributed by atoms with van der Waals surface area (Å²) in [4.78, 5) is 9.01. The Labute approximate surface area is 203 Å². The lowest BCUT2D eigenvalue weighted by atomic mass is 9.48. The van der Waals surface area contributed by atoms with Crippen molar-refractivity contribution in [1.29, 1.82) is 10.5 Å². The van der Waals surface area contributed by atoms with Crippen LogP contribution in [0, 0.1) is 47.5 Å². The molecule has 1 aromatic heterocycles. The molecule has 2 heterocycles. The second-order valence-electron chi connectivity index (χ2n) is 10.9. The highest BCUT2D eigenvalue weighted by Crippen LogP contribution is 2.62. The van der Waals surface area contributed by atoms with Gasteiger partial charge in [0.05, 0.1) is 5.69 Å². The van der Waals surface area contributed by atoms with E-state index in [4.69, 9.17) is 11.5 Å². The van der Waals surface area contributed by atoms with Gasteiger partial charge in [-0.3, -0.25) is 5.32 Å². The number of guanidine groups is 1. The average molecular weight is 469 g/mol. The van der Waals surface area contributed by atoms with Crippen LogP contribution >= 0.6 is 0 Å². The molecule has 4 saturated carbocycles. The zero-order chi connectivity index (χ0) is 24.5. The molecule has 0 saturated heterocycles. The number of aliphatic imine (C=N–C) groups is 1. The summed E-state index contributed by atoms with van der Waals surface area (Å²) >= 11 is 0. The van der Waals surface area contributed by atoms with Crippen LogP contribution in [0.1, 0.15) is 72.4 Å². The molecule has 5 aliphatic rings. The smallest absolute Gasteiger partial charge is 0.211 e. The van der Waals surface area contributed by atoms with Crippen molar-refractivity contribution in [1.82, 2.24) is 10.3 Å². The van der Waals surface area contributed by atoms with Crippen molar-refractivity contribution < 1.29 is 5.11 Å². The van der Waals surface area contributed by atoms with Gasteiger partial charge in [-0.1, -0.05) is 11.6 Å². The molecule has 0 amide bonds. The second kappa shape index (κ2) is 7.51. The van der Waals surface area contributed by atoms with Gasteiger partial charge in [0, 0.05) is 16.7 Å². The highest BCUT2D eigenvalue weighted by molar-refractivity contribution is 5.98. The van der Waals surface area contributed by atoms with Gasteiger partial charge in [0.15, 0.2) is 6.19 Å². The lowest BCUT2D eigenvalue weighted by molar-refractivity contribution is -0.00621. The summed E-state index contributed by atoms with van der Waals surface area (Å²) in [5.74, 6) is 2.91. The molecule has 4 bridgehead atoms. The number of hydrogen-bond acceptors (Lipinski definition) is 9. The number of aromatic hydroxyl groups is 1. The molecule has 1 atom stereocenters. The Bertz CT molecular complexity index is 1330. The molecule has 2 aromatic rings. The van der Waals surface area contributed by atoms with Crippen molar-refractivity contribution in [2.24, 2.45) is 22.7 Å². The van der Waals surface area contributed by atoms with Gasteiger partial charge in [0.25, 0.3) is 0 Å². The summed E-state index contributed by atoms with van der Waals surface area (Å²) < 4.78 is 0. The molecule has 9 nitrogen and oxygen atoms in total. The SMILES string of the molecule is Cc1cc(C2N=C(NC#N)Nc3nc(N)c(C#N)c(N)c32)c(O)c(C23CC4CC(CC(C4)C2)C3)c1. The van der Waals surface area contributed by atoms with Crippen LogP contribution in [0.5, 0.6) is 5.75 Å².